The summed E-state index contributed by atoms with van der Waals surface area (Å²) in [6.45, 7) is 1.62. The Morgan fingerprint density at radius 3 is 2.88 bits per heavy atom. The Morgan fingerprint density at radius 2 is 2.25 bits per heavy atom. The average Bonchev–Trinajstić information content (AvgIpc) is 2.29. The number of nitrogens with zero attached hydrogens (tertiary/aromatic N) is 1. The summed E-state index contributed by atoms with van der Waals surface area (Å²) in [5.74, 6) is -0.517. The molecule has 0 spiro atoms. The van der Waals surface area contributed by atoms with E-state index in [1.165, 1.54) is 13.0 Å². The lowest BCUT2D eigenvalue weighted by Gasteiger charge is -2.04. The summed E-state index contributed by atoms with van der Waals surface area (Å²) in [6, 6.07) is 8.80. The summed E-state index contributed by atoms with van der Waals surface area (Å²) in [5, 5.41) is 17.4. The molecule has 0 aliphatic heterocycles. The van der Waals surface area contributed by atoms with Gasteiger partial charge in [0.1, 0.15) is 18.4 Å². The molecule has 82 valence electrons. The van der Waals surface area contributed by atoms with Crippen molar-refractivity contribution < 1.29 is 14.6 Å². The van der Waals surface area contributed by atoms with Crippen molar-refractivity contribution >= 4 is 5.97 Å². The Kier molecular flexibility index (Phi) is 4.10. The van der Waals surface area contributed by atoms with Gasteiger partial charge >= 0.3 is 5.97 Å². The minimum atomic E-state index is -0.975. The molecule has 0 fully saturated rings. The van der Waals surface area contributed by atoms with E-state index in [-0.39, 0.29) is 12.2 Å². The summed E-state index contributed by atoms with van der Waals surface area (Å²) in [4.78, 5) is 10.5. The maximum absolute atomic E-state index is 10.5. The molecule has 1 rings (SSSR count). The zero-order chi connectivity index (χ0) is 12.0. The van der Waals surface area contributed by atoms with Crippen LogP contribution in [0.2, 0.25) is 0 Å². The second-order valence-corrected chi connectivity index (χ2v) is 3.11. The minimum absolute atomic E-state index is 0.136. The van der Waals surface area contributed by atoms with E-state index in [1.807, 2.05) is 6.07 Å². The van der Waals surface area contributed by atoms with E-state index < -0.39 is 5.97 Å². The lowest BCUT2D eigenvalue weighted by atomic mass is 10.2. The lowest BCUT2D eigenvalue weighted by molar-refractivity contribution is -0.132. The minimum Gasteiger partial charge on any atom is -0.488 e. The normalized spacial score (nSPS) is 10.6. The molecule has 0 aromatic heterocycles. The highest BCUT2D eigenvalue weighted by atomic mass is 16.5. The smallest absolute Gasteiger partial charge is 0.331 e. The van der Waals surface area contributed by atoms with Crippen LogP contribution >= 0.6 is 0 Å². The molecule has 0 radical (unpaired) electrons. The Hall–Kier alpha value is -2.28. The van der Waals surface area contributed by atoms with E-state index in [0.29, 0.717) is 11.3 Å². The molecular formula is C12H11NO3. The van der Waals surface area contributed by atoms with Crippen molar-refractivity contribution in [3.63, 3.8) is 0 Å². The summed E-state index contributed by atoms with van der Waals surface area (Å²) < 4.78 is 5.29. The number of para-hydroxylation sites is 1. The largest absolute Gasteiger partial charge is 0.488 e. The number of nitriles is 1. The topological polar surface area (TPSA) is 70.3 Å². The van der Waals surface area contributed by atoms with Crippen LogP contribution in [-0.4, -0.2) is 17.7 Å². The fraction of sp³-hybridized carbons (Fsp3) is 0.167. The highest BCUT2D eigenvalue weighted by Crippen LogP contribution is 2.16. The number of carboxylic acids is 1. The fourth-order valence-electron chi connectivity index (χ4n) is 1.03. The van der Waals surface area contributed by atoms with Crippen LogP contribution in [0.4, 0.5) is 0 Å². The molecule has 0 saturated heterocycles. The van der Waals surface area contributed by atoms with Crippen LogP contribution in [0.5, 0.6) is 5.75 Å². The van der Waals surface area contributed by atoms with E-state index in [4.69, 9.17) is 15.1 Å². The zero-order valence-corrected chi connectivity index (χ0v) is 8.80. The van der Waals surface area contributed by atoms with Crippen LogP contribution < -0.4 is 4.74 Å². The summed E-state index contributed by atoms with van der Waals surface area (Å²) in [7, 11) is 0. The first-order valence-electron chi connectivity index (χ1n) is 4.67. The van der Waals surface area contributed by atoms with Crippen LogP contribution in [0.1, 0.15) is 12.5 Å². The number of rotatable bonds is 4. The van der Waals surface area contributed by atoms with E-state index in [9.17, 15) is 4.79 Å². The third-order valence-corrected chi connectivity index (χ3v) is 1.97. The first-order valence-corrected chi connectivity index (χ1v) is 4.67. The van der Waals surface area contributed by atoms with Crippen molar-refractivity contribution in [2.24, 2.45) is 0 Å². The summed E-state index contributed by atoms with van der Waals surface area (Å²) in [5.41, 5.74) is 0.651. The van der Waals surface area contributed by atoms with Gasteiger partial charge in [-0.3, -0.25) is 0 Å². The molecule has 4 nitrogen and oxygen atoms in total. The molecule has 0 atom stereocenters. The molecule has 1 aromatic rings. The van der Waals surface area contributed by atoms with Gasteiger partial charge in [-0.2, -0.15) is 5.26 Å². The molecule has 1 N–H and O–H groups in total. The van der Waals surface area contributed by atoms with Crippen molar-refractivity contribution in [2.75, 3.05) is 6.61 Å². The van der Waals surface area contributed by atoms with Gasteiger partial charge in [0.05, 0.1) is 5.56 Å². The molecule has 0 aliphatic carbocycles. The van der Waals surface area contributed by atoms with Crippen molar-refractivity contribution in [1.29, 1.82) is 5.26 Å². The van der Waals surface area contributed by atoms with Crippen molar-refractivity contribution in [2.45, 2.75) is 6.92 Å². The van der Waals surface area contributed by atoms with Gasteiger partial charge in [-0.15, -0.1) is 0 Å². The predicted octanol–water partition coefficient (Wildman–Crippen LogP) is 1.97. The van der Waals surface area contributed by atoms with Gasteiger partial charge in [0.25, 0.3) is 0 Å². The van der Waals surface area contributed by atoms with Gasteiger partial charge in [-0.05, 0) is 25.1 Å². The number of hydrogen-bond donors (Lipinski definition) is 1. The maximum atomic E-state index is 10.5. The fourth-order valence-corrected chi connectivity index (χ4v) is 1.03. The highest BCUT2D eigenvalue weighted by Gasteiger charge is 2.01. The summed E-state index contributed by atoms with van der Waals surface area (Å²) >= 11 is 0. The van der Waals surface area contributed by atoms with Crippen LogP contribution in [0.15, 0.2) is 35.9 Å². The van der Waals surface area contributed by atoms with Gasteiger partial charge in [0, 0.05) is 5.57 Å². The van der Waals surface area contributed by atoms with E-state index in [0.717, 1.165) is 0 Å². The van der Waals surface area contributed by atoms with E-state index in [1.54, 1.807) is 24.3 Å². The molecular weight excluding hydrogens is 206 g/mol. The molecule has 0 aliphatic rings. The van der Waals surface area contributed by atoms with Crippen LogP contribution in [0.3, 0.4) is 0 Å². The number of benzene rings is 1. The highest BCUT2D eigenvalue weighted by molar-refractivity contribution is 5.85. The first kappa shape index (κ1) is 11.8. The SMILES string of the molecule is CC(=CCOc1ccccc1C#N)C(=O)O. The van der Waals surface area contributed by atoms with Crippen LogP contribution in [0.25, 0.3) is 0 Å². The summed E-state index contributed by atoms with van der Waals surface area (Å²) in [6.07, 6.45) is 1.45. The number of hydrogen-bond acceptors (Lipinski definition) is 3. The Labute approximate surface area is 93.4 Å². The molecule has 0 heterocycles. The average molecular weight is 217 g/mol. The van der Waals surface area contributed by atoms with Crippen molar-refractivity contribution in [3.8, 4) is 11.8 Å². The standard InChI is InChI=1S/C12H11NO3/c1-9(12(14)15)6-7-16-11-5-3-2-4-10(11)8-13/h2-6H,7H2,1H3,(H,14,15). The van der Waals surface area contributed by atoms with E-state index >= 15 is 0 Å². The first-order chi connectivity index (χ1) is 7.65. The van der Waals surface area contributed by atoms with Crippen LogP contribution in [0, 0.1) is 11.3 Å². The van der Waals surface area contributed by atoms with Gasteiger partial charge in [-0.1, -0.05) is 12.1 Å². The number of carbonyl (C=O) groups is 1. The van der Waals surface area contributed by atoms with Gasteiger partial charge in [0.2, 0.25) is 0 Å². The quantitative estimate of drug-likeness (QED) is 0.782. The molecule has 0 amide bonds. The van der Waals surface area contributed by atoms with Crippen molar-refractivity contribution in [3.05, 3.63) is 41.5 Å². The maximum Gasteiger partial charge on any atom is 0.331 e. The van der Waals surface area contributed by atoms with E-state index in [2.05, 4.69) is 0 Å². The second kappa shape index (κ2) is 5.56. The monoisotopic (exact) mass is 217 g/mol. The van der Waals surface area contributed by atoms with Gasteiger partial charge in [0.15, 0.2) is 0 Å². The zero-order valence-electron chi connectivity index (χ0n) is 8.80. The third-order valence-electron chi connectivity index (χ3n) is 1.97. The molecule has 0 bridgehead atoms. The molecule has 0 saturated carbocycles. The van der Waals surface area contributed by atoms with Crippen LogP contribution in [-0.2, 0) is 4.79 Å². The molecule has 16 heavy (non-hydrogen) atoms. The molecule has 0 unspecified atom stereocenters. The number of aliphatic carboxylic acids is 1. The number of ether oxygens (including phenoxy) is 1. The second-order valence-electron chi connectivity index (χ2n) is 3.11. The van der Waals surface area contributed by atoms with Gasteiger partial charge in [-0.25, -0.2) is 4.79 Å². The Bertz CT molecular complexity index is 458. The lowest BCUT2D eigenvalue weighted by Crippen LogP contribution is -2.01. The Morgan fingerprint density at radius 1 is 1.56 bits per heavy atom. The predicted molar refractivity (Wildman–Crippen MR) is 58.0 cm³/mol. The Balaban J connectivity index is 2.66. The third kappa shape index (κ3) is 3.14. The van der Waals surface area contributed by atoms with Crippen molar-refractivity contribution in [1.82, 2.24) is 0 Å². The molecule has 1 aromatic carbocycles. The molecule has 4 heteroatoms. The van der Waals surface area contributed by atoms with Gasteiger partial charge < -0.3 is 9.84 Å². The number of carboxylic acid groups (broad SMARTS) is 1.